The molecule has 3 aromatic carbocycles. The van der Waals surface area contributed by atoms with Gasteiger partial charge in [-0.2, -0.15) is 0 Å². The molecule has 0 bridgehead atoms. The van der Waals surface area contributed by atoms with Gasteiger partial charge in [-0.15, -0.1) is 10.2 Å². The SMILES string of the molecule is Nc1ccc(-n2cc(-c3cccc(-c4cn(-c5ccc(N)cc5)nn4)c3)nn2)cc1. The van der Waals surface area contributed by atoms with E-state index in [2.05, 4.69) is 20.6 Å². The van der Waals surface area contributed by atoms with Crippen LogP contribution in [0, 0.1) is 0 Å². The monoisotopic (exact) mass is 394 g/mol. The summed E-state index contributed by atoms with van der Waals surface area (Å²) < 4.78 is 3.44. The molecule has 0 aliphatic heterocycles. The van der Waals surface area contributed by atoms with E-state index in [-0.39, 0.29) is 0 Å². The van der Waals surface area contributed by atoms with Crippen LogP contribution in [0.25, 0.3) is 33.9 Å². The average molecular weight is 394 g/mol. The van der Waals surface area contributed by atoms with Gasteiger partial charge in [-0.25, -0.2) is 9.36 Å². The molecule has 0 spiro atoms. The van der Waals surface area contributed by atoms with Crippen molar-refractivity contribution >= 4 is 11.4 Å². The lowest BCUT2D eigenvalue weighted by atomic mass is 10.1. The smallest absolute Gasteiger partial charge is 0.113 e. The fourth-order valence-electron chi connectivity index (χ4n) is 3.14. The van der Waals surface area contributed by atoms with E-state index >= 15 is 0 Å². The Morgan fingerprint density at radius 3 is 1.43 bits per heavy atom. The highest BCUT2D eigenvalue weighted by atomic mass is 15.4. The Morgan fingerprint density at radius 1 is 0.567 bits per heavy atom. The maximum atomic E-state index is 5.75. The first-order valence-electron chi connectivity index (χ1n) is 9.33. The van der Waals surface area contributed by atoms with E-state index in [1.807, 2.05) is 85.2 Å². The van der Waals surface area contributed by atoms with Crippen LogP contribution in [0.1, 0.15) is 0 Å². The Hall–Kier alpha value is -4.46. The Kier molecular flexibility index (Phi) is 4.21. The van der Waals surface area contributed by atoms with E-state index in [4.69, 9.17) is 11.5 Å². The molecule has 4 N–H and O–H groups in total. The summed E-state index contributed by atoms with van der Waals surface area (Å²) in [5.74, 6) is 0. The standard InChI is InChI=1S/C22H18N8/c23-17-4-8-19(9-5-17)29-13-21(25-27-29)15-2-1-3-16(12-15)22-14-30(28-26-22)20-10-6-18(24)7-11-20/h1-14H,23-24H2. The molecule has 0 saturated carbocycles. The third kappa shape index (κ3) is 3.37. The Balaban J connectivity index is 1.44. The molecular weight excluding hydrogens is 376 g/mol. The quantitative estimate of drug-likeness (QED) is 0.452. The summed E-state index contributed by atoms with van der Waals surface area (Å²) in [4.78, 5) is 0. The predicted molar refractivity (Wildman–Crippen MR) is 116 cm³/mol. The minimum atomic E-state index is 0.707. The first-order chi connectivity index (χ1) is 14.7. The molecular formula is C22H18N8. The van der Waals surface area contributed by atoms with Crippen molar-refractivity contribution in [1.82, 2.24) is 30.0 Å². The van der Waals surface area contributed by atoms with E-state index in [9.17, 15) is 0 Å². The van der Waals surface area contributed by atoms with Crippen molar-refractivity contribution in [1.29, 1.82) is 0 Å². The molecule has 0 fully saturated rings. The number of hydrogen-bond acceptors (Lipinski definition) is 6. The van der Waals surface area contributed by atoms with Gasteiger partial charge in [0.05, 0.1) is 23.8 Å². The van der Waals surface area contributed by atoms with Crippen LogP contribution in [-0.2, 0) is 0 Å². The molecule has 30 heavy (non-hydrogen) atoms. The van der Waals surface area contributed by atoms with Gasteiger partial charge in [0.25, 0.3) is 0 Å². The van der Waals surface area contributed by atoms with Crippen molar-refractivity contribution in [3.05, 3.63) is 85.2 Å². The minimum absolute atomic E-state index is 0.707. The molecule has 8 nitrogen and oxygen atoms in total. The zero-order chi connectivity index (χ0) is 20.5. The Bertz CT molecular complexity index is 1200. The van der Waals surface area contributed by atoms with Crippen LogP contribution in [0.15, 0.2) is 85.2 Å². The number of rotatable bonds is 4. The van der Waals surface area contributed by atoms with E-state index in [1.165, 1.54) is 0 Å². The minimum Gasteiger partial charge on any atom is -0.399 e. The van der Waals surface area contributed by atoms with Crippen molar-refractivity contribution in [3.8, 4) is 33.9 Å². The summed E-state index contributed by atoms with van der Waals surface area (Å²) in [6.07, 6.45) is 3.77. The van der Waals surface area contributed by atoms with Crippen LogP contribution < -0.4 is 11.5 Å². The van der Waals surface area contributed by atoms with Crippen molar-refractivity contribution < 1.29 is 0 Å². The van der Waals surface area contributed by atoms with E-state index in [0.717, 1.165) is 33.9 Å². The number of hydrogen-bond donors (Lipinski definition) is 2. The highest BCUT2D eigenvalue weighted by molar-refractivity contribution is 5.69. The molecule has 0 aliphatic carbocycles. The number of benzene rings is 3. The molecule has 5 aromatic rings. The summed E-state index contributed by atoms with van der Waals surface area (Å²) >= 11 is 0. The fraction of sp³-hybridized carbons (Fsp3) is 0. The summed E-state index contributed by atoms with van der Waals surface area (Å²) in [6.45, 7) is 0. The molecule has 8 heteroatoms. The molecule has 0 atom stereocenters. The molecule has 146 valence electrons. The van der Waals surface area contributed by atoms with Crippen molar-refractivity contribution in [3.63, 3.8) is 0 Å². The van der Waals surface area contributed by atoms with Crippen LogP contribution in [0.3, 0.4) is 0 Å². The van der Waals surface area contributed by atoms with Crippen LogP contribution in [0.5, 0.6) is 0 Å². The number of anilines is 2. The lowest BCUT2D eigenvalue weighted by molar-refractivity contribution is 0.804. The maximum absolute atomic E-state index is 5.75. The van der Waals surface area contributed by atoms with Crippen LogP contribution >= 0.6 is 0 Å². The second kappa shape index (κ2) is 7.17. The lowest BCUT2D eigenvalue weighted by Crippen LogP contribution is -1.95. The summed E-state index contributed by atoms with van der Waals surface area (Å²) in [7, 11) is 0. The second-order valence-electron chi connectivity index (χ2n) is 6.86. The van der Waals surface area contributed by atoms with Gasteiger partial charge in [-0.1, -0.05) is 28.6 Å². The zero-order valence-corrected chi connectivity index (χ0v) is 15.9. The summed E-state index contributed by atoms with van der Waals surface area (Å²) in [6, 6.07) is 22.9. The highest BCUT2D eigenvalue weighted by Crippen LogP contribution is 2.25. The fourth-order valence-corrected chi connectivity index (χ4v) is 3.14. The van der Waals surface area contributed by atoms with Crippen molar-refractivity contribution in [2.75, 3.05) is 11.5 Å². The van der Waals surface area contributed by atoms with Crippen LogP contribution in [-0.4, -0.2) is 30.0 Å². The van der Waals surface area contributed by atoms with Gasteiger partial charge >= 0.3 is 0 Å². The second-order valence-corrected chi connectivity index (χ2v) is 6.86. The summed E-state index contributed by atoms with van der Waals surface area (Å²) in [5.41, 5.74) is 18.1. The number of aromatic nitrogens is 6. The Morgan fingerprint density at radius 2 is 1.00 bits per heavy atom. The molecule has 2 aromatic heterocycles. The maximum Gasteiger partial charge on any atom is 0.113 e. The highest BCUT2D eigenvalue weighted by Gasteiger charge is 2.10. The van der Waals surface area contributed by atoms with Gasteiger partial charge in [0, 0.05) is 22.5 Å². The van der Waals surface area contributed by atoms with Crippen LogP contribution in [0.4, 0.5) is 11.4 Å². The van der Waals surface area contributed by atoms with Gasteiger partial charge in [0.15, 0.2) is 0 Å². The predicted octanol–water partition coefficient (Wildman–Crippen LogP) is 3.35. The third-order valence-corrected chi connectivity index (χ3v) is 4.76. The van der Waals surface area contributed by atoms with Gasteiger partial charge in [0.1, 0.15) is 11.4 Å². The van der Waals surface area contributed by atoms with E-state index in [1.54, 1.807) is 9.36 Å². The molecule has 5 rings (SSSR count). The molecule has 0 radical (unpaired) electrons. The van der Waals surface area contributed by atoms with E-state index in [0.29, 0.717) is 11.4 Å². The average Bonchev–Trinajstić information content (AvgIpc) is 3.45. The van der Waals surface area contributed by atoms with Gasteiger partial charge in [-0.3, -0.25) is 0 Å². The Labute approximate surface area is 172 Å². The number of nitrogen functional groups attached to an aromatic ring is 2. The lowest BCUT2D eigenvalue weighted by Gasteiger charge is -2.01. The van der Waals surface area contributed by atoms with Gasteiger partial charge in [0.2, 0.25) is 0 Å². The first-order valence-corrected chi connectivity index (χ1v) is 9.33. The van der Waals surface area contributed by atoms with E-state index < -0.39 is 0 Å². The topological polar surface area (TPSA) is 113 Å². The normalized spacial score (nSPS) is 10.9. The third-order valence-electron chi connectivity index (χ3n) is 4.76. The molecule has 0 saturated heterocycles. The molecule has 0 aliphatic rings. The molecule has 0 unspecified atom stereocenters. The summed E-state index contributed by atoms with van der Waals surface area (Å²) in [5, 5.41) is 17.1. The number of nitrogens with zero attached hydrogens (tertiary/aromatic N) is 6. The largest absolute Gasteiger partial charge is 0.399 e. The van der Waals surface area contributed by atoms with Gasteiger partial charge < -0.3 is 11.5 Å². The van der Waals surface area contributed by atoms with Crippen molar-refractivity contribution in [2.45, 2.75) is 0 Å². The van der Waals surface area contributed by atoms with Gasteiger partial charge in [-0.05, 0) is 54.6 Å². The van der Waals surface area contributed by atoms with Crippen LogP contribution in [0.2, 0.25) is 0 Å². The van der Waals surface area contributed by atoms with Crippen molar-refractivity contribution in [2.24, 2.45) is 0 Å². The zero-order valence-electron chi connectivity index (χ0n) is 15.9. The molecule has 2 heterocycles. The number of nitrogens with two attached hydrogens (primary N) is 2. The first kappa shape index (κ1) is 17.6. The molecule has 0 amide bonds.